The molecule has 1 unspecified atom stereocenters. The zero-order chi connectivity index (χ0) is 20.5. The molecule has 0 aliphatic carbocycles. The van der Waals surface area contributed by atoms with Crippen molar-refractivity contribution in [1.82, 2.24) is 5.32 Å². The minimum Gasteiger partial charge on any atom is -0.393 e. The summed E-state index contributed by atoms with van der Waals surface area (Å²) in [6.45, 7) is 0.319. The number of nitro groups is 1. The summed E-state index contributed by atoms with van der Waals surface area (Å²) < 4.78 is 10.3. The molecule has 9 heteroatoms. The lowest BCUT2D eigenvalue weighted by Crippen LogP contribution is -2.28. The Hall–Kier alpha value is -2.62. The Morgan fingerprint density at radius 2 is 1.89 bits per heavy atom. The van der Waals surface area contributed by atoms with Gasteiger partial charge < -0.3 is 20.5 Å². The van der Waals surface area contributed by atoms with E-state index in [9.17, 15) is 10.1 Å². The number of ether oxygens (including phenoxy) is 2. The van der Waals surface area contributed by atoms with Crippen molar-refractivity contribution >= 4 is 28.3 Å². The molecule has 1 atom stereocenters. The van der Waals surface area contributed by atoms with Crippen molar-refractivity contribution in [3.63, 3.8) is 0 Å². The van der Waals surface area contributed by atoms with Crippen molar-refractivity contribution in [3.05, 3.63) is 69.8 Å². The summed E-state index contributed by atoms with van der Waals surface area (Å²) in [5, 5.41) is 15.3. The van der Waals surface area contributed by atoms with E-state index in [1.165, 1.54) is 17.8 Å². The van der Waals surface area contributed by atoms with Crippen LogP contribution in [0.5, 0.6) is 0 Å². The molecule has 150 valence electrons. The zero-order valence-electron chi connectivity index (χ0n) is 16.0. The first-order valence-electron chi connectivity index (χ1n) is 8.49. The van der Waals surface area contributed by atoms with Gasteiger partial charge in [-0.3, -0.25) is 15.1 Å². The number of aliphatic imine (C=N–C) groups is 1. The first-order chi connectivity index (χ1) is 13.5. The SMILES string of the molecule is COC(CN=C(NC(c1ccccc1)c1ccc(N)c([N+](=O)[O-])c1)SC)OC. The average molecular weight is 404 g/mol. The number of hydrogen-bond donors (Lipinski definition) is 2. The van der Waals surface area contributed by atoms with Gasteiger partial charge >= 0.3 is 0 Å². The molecule has 0 saturated heterocycles. The van der Waals surface area contributed by atoms with Gasteiger partial charge in [0, 0.05) is 20.3 Å². The number of rotatable bonds is 8. The summed E-state index contributed by atoms with van der Waals surface area (Å²) in [7, 11) is 3.10. The third-order valence-corrected chi connectivity index (χ3v) is 4.72. The van der Waals surface area contributed by atoms with Crippen molar-refractivity contribution in [2.24, 2.45) is 4.99 Å². The maximum Gasteiger partial charge on any atom is 0.292 e. The highest BCUT2D eigenvalue weighted by molar-refractivity contribution is 8.13. The second-order valence-electron chi connectivity index (χ2n) is 5.81. The van der Waals surface area contributed by atoms with E-state index in [4.69, 9.17) is 15.2 Å². The Morgan fingerprint density at radius 3 is 2.46 bits per heavy atom. The highest BCUT2D eigenvalue weighted by Gasteiger charge is 2.20. The number of benzene rings is 2. The summed E-state index contributed by atoms with van der Waals surface area (Å²) in [4.78, 5) is 15.3. The largest absolute Gasteiger partial charge is 0.393 e. The third-order valence-electron chi connectivity index (χ3n) is 4.09. The van der Waals surface area contributed by atoms with Gasteiger partial charge in [0.05, 0.1) is 17.5 Å². The minimum absolute atomic E-state index is 0.123. The van der Waals surface area contributed by atoms with Gasteiger partial charge in [0.1, 0.15) is 5.69 Å². The van der Waals surface area contributed by atoms with Gasteiger partial charge in [0.25, 0.3) is 5.69 Å². The molecule has 0 fully saturated rings. The number of nitrogens with one attached hydrogen (secondary N) is 1. The Labute approximate surface area is 168 Å². The van der Waals surface area contributed by atoms with E-state index in [1.807, 2.05) is 36.6 Å². The van der Waals surface area contributed by atoms with Crippen LogP contribution in [0, 0.1) is 10.1 Å². The molecule has 0 spiro atoms. The van der Waals surface area contributed by atoms with Crippen molar-refractivity contribution in [2.45, 2.75) is 12.3 Å². The highest BCUT2D eigenvalue weighted by Crippen LogP contribution is 2.29. The fourth-order valence-electron chi connectivity index (χ4n) is 2.60. The van der Waals surface area contributed by atoms with E-state index in [-0.39, 0.29) is 17.4 Å². The number of nitrogen functional groups attached to an aromatic ring is 1. The van der Waals surface area contributed by atoms with E-state index in [0.29, 0.717) is 17.3 Å². The summed E-state index contributed by atoms with van der Waals surface area (Å²) in [5.41, 5.74) is 7.41. The van der Waals surface area contributed by atoms with Gasteiger partial charge in [-0.15, -0.1) is 0 Å². The summed E-state index contributed by atoms with van der Waals surface area (Å²) in [6, 6.07) is 14.1. The van der Waals surface area contributed by atoms with Gasteiger partial charge in [-0.05, 0) is 23.4 Å². The fourth-order valence-corrected chi connectivity index (χ4v) is 3.04. The number of nitro benzene ring substituents is 1. The molecular weight excluding hydrogens is 380 g/mol. The first-order valence-corrected chi connectivity index (χ1v) is 9.72. The van der Waals surface area contributed by atoms with Crippen LogP contribution in [0.3, 0.4) is 0 Å². The fraction of sp³-hybridized carbons (Fsp3) is 0.316. The standard InChI is InChI=1S/C19H24N4O4S/c1-26-17(27-2)12-21-19(28-3)22-18(13-7-5-4-6-8-13)14-9-10-15(20)16(11-14)23(24)25/h4-11,17-18H,12,20H2,1-3H3,(H,21,22). The molecule has 2 aromatic carbocycles. The molecule has 0 saturated carbocycles. The summed E-state index contributed by atoms with van der Waals surface area (Å²) >= 11 is 1.43. The van der Waals surface area contributed by atoms with Crippen molar-refractivity contribution in [3.8, 4) is 0 Å². The molecule has 8 nitrogen and oxygen atoms in total. The van der Waals surface area contributed by atoms with Crippen molar-refractivity contribution in [2.75, 3.05) is 32.8 Å². The molecule has 2 rings (SSSR count). The quantitative estimate of drug-likeness (QED) is 0.173. The number of amidine groups is 1. The van der Waals surface area contributed by atoms with Crippen LogP contribution in [-0.2, 0) is 9.47 Å². The second kappa shape index (κ2) is 10.6. The lowest BCUT2D eigenvalue weighted by atomic mass is 9.98. The smallest absolute Gasteiger partial charge is 0.292 e. The maximum absolute atomic E-state index is 11.3. The molecule has 0 heterocycles. The van der Waals surface area contributed by atoms with Crippen LogP contribution < -0.4 is 11.1 Å². The lowest BCUT2D eigenvalue weighted by molar-refractivity contribution is -0.384. The highest BCUT2D eigenvalue weighted by atomic mass is 32.2. The van der Waals surface area contributed by atoms with Gasteiger partial charge in [-0.1, -0.05) is 48.2 Å². The Balaban J connectivity index is 2.39. The molecule has 3 N–H and O–H groups in total. The Morgan fingerprint density at radius 1 is 1.21 bits per heavy atom. The van der Waals surface area contributed by atoms with Crippen molar-refractivity contribution < 1.29 is 14.4 Å². The monoisotopic (exact) mass is 404 g/mol. The number of methoxy groups -OCH3 is 2. The van der Waals surface area contributed by atoms with Crippen LogP contribution in [0.25, 0.3) is 0 Å². The van der Waals surface area contributed by atoms with E-state index < -0.39 is 11.2 Å². The summed E-state index contributed by atoms with van der Waals surface area (Å²) in [5.74, 6) is 0. The number of anilines is 1. The Bertz CT molecular complexity index is 813. The number of nitrogens with two attached hydrogens (primary N) is 1. The Kier molecular flexibility index (Phi) is 8.24. The predicted molar refractivity (Wildman–Crippen MR) is 113 cm³/mol. The van der Waals surface area contributed by atoms with Gasteiger partial charge in [0.15, 0.2) is 11.5 Å². The van der Waals surface area contributed by atoms with E-state index in [0.717, 1.165) is 5.56 Å². The number of nitrogens with zero attached hydrogens (tertiary/aromatic N) is 2. The first kappa shape index (κ1) is 21.7. The molecule has 0 aromatic heterocycles. The van der Waals surface area contributed by atoms with Crippen LogP contribution in [0.15, 0.2) is 53.5 Å². The molecule has 0 aliphatic heterocycles. The molecule has 2 aromatic rings. The predicted octanol–water partition coefficient (Wildman–Crippen LogP) is 3.19. The van der Waals surface area contributed by atoms with Gasteiger partial charge in [-0.25, -0.2) is 0 Å². The number of hydrogen-bond acceptors (Lipinski definition) is 7. The molecule has 0 amide bonds. The van der Waals surface area contributed by atoms with Crippen LogP contribution in [0.1, 0.15) is 17.2 Å². The molecule has 28 heavy (non-hydrogen) atoms. The van der Waals surface area contributed by atoms with E-state index in [1.54, 1.807) is 26.4 Å². The topological polar surface area (TPSA) is 112 Å². The number of thioether (sulfide) groups is 1. The third kappa shape index (κ3) is 5.69. The molecule has 0 aliphatic rings. The van der Waals surface area contributed by atoms with E-state index >= 15 is 0 Å². The normalized spacial score (nSPS) is 12.8. The van der Waals surface area contributed by atoms with E-state index in [2.05, 4.69) is 10.3 Å². The lowest BCUT2D eigenvalue weighted by Gasteiger charge is -2.22. The maximum atomic E-state index is 11.3. The van der Waals surface area contributed by atoms with Crippen LogP contribution in [0.4, 0.5) is 11.4 Å². The van der Waals surface area contributed by atoms with Gasteiger partial charge in [-0.2, -0.15) is 0 Å². The molecular formula is C19H24N4O4S. The minimum atomic E-state index is -0.480. The molecule has 0 bridgehead atoms. The average Bonchev–Trinajstić information content (AvgIpc) is 2.72. The van der Waals surface area contributed by atoms with Crippen LogP contribution in [-0.4, -0.2) is 43.4 Å². The van der Waals surface area contributed by atoms with Crippen LogP contribution >= 0.6 is 11.8 Å². The van der Waals surface area contributed by atoms with Crippen molar-refractivity contribution in [1.29, 1.82) is 0 Å². The molecule has 0 radical (unpaired) electrons. The zero-order valence-corrected chi connectivity index (χ0v) is 16.8. The second-order valence-corrected chi connectivity index (χ2v) is 6.61. The van der Waals surface area contributed by atoms with Crippen LogP contribution in [0.2, 0.25) is 0 Å². The van der Waals surface area contributed by atoms with Gasteiger partial charge in [0.2, 0.25) is 0 Å². The summed E-state index contributed by atoms with van der Waals surface area (Å²) in [6.07, 6.45) is 1.45.